The molecule has 126 valence electrons. The van der Waals surface area contributed by atoms with Gasteiger partial charge in [0.2, 0.25) is 0 Å². The normalized spacial score (nSPS) is 10.8. The van der Waals surface area contributed by atoms with E-state index in [0.717, 1.165) is 15.6 Å². The van der Waals surface area contributed by atoms with Gasteiger partial charge < -0.3 is 9.84 Å². The third-order valence-corrected chi connectivity index (χ3v) is 3.82. The highest BCUT2D eigenvalue weighted by molar-refractivity contribution is 9.10. The van der Waals surface area contributed by atoms with Gasteiger partial charge in [-0.25, -0.2) is 5.43 Å². The molecule has 0 saturated heterocycles. The van der Waals surface area contributed by atoms with Crippen molar-refractivity contribution in [2.75, 3.05) is 6.61 Å². The molecule has 0 aliphatic heterocycles. The standard InChI is InChI=1S/C18H19BrN2O3/c1-4-24-16-9-14(19)8-13(17(16)22)10-20-21-18(23)15-6-5-11(2)7-12(15)3/h5-10,22H,4H2,1-3H3,(H,21,23)/b20-10+. The Morgan fingerprint density at radius 3 is 2.75 bits per heavy atom. The Bertz CT molecular complexity index is 788. The second-order valence-electron chi connectivity index (χ2n) is 5.29. The molecule has 24 heavy (non-hydrogen) atoms. The first-order valence-electron chi connectivity index (χ1n) is 7.48. The molecule has 0 atom stereocenters. The molecule has 0 saturated carbocycles. The number of carbonyl (C=O) groups excluding carboxylic acids is 1. The molecule has 0 radical (unpaired) electrons. The van der Waals surface area contributed by atoms with Crippen molar-refractivity contribution in [2.24, 2.45) is 5.10 Å². The number of halogens is 1. The molecule has 0 aliphatic carbocycles. The van der Waals surface area contributed by atoms with Crippen molar-refractivity contribution in [3.63, 3.8) is 0 Å². The topological polar surface area (TPSA) is 70.9 Å². The lowest BCUT2D eigenvalue weighted by atomic mass is 10.1. The van der Waals surface area contributed by atoms with Gasteiger partial charge in [-0.2, -0.15) is 5.10 Å². The maximum absolute atomic E-state index is 12.2. The lowest BCUT2D eigenvalue weighted by molar-refractivity contribution is 0.0954. The van der Waals surface area contributed by atoms with Gasteiger partial charge in [0.1, 0.15) is 0 Å². The lowest BCUT2D eigenvalue weighted by Crippen LogP contribution is -2.18. The number of nitrogens with zero attached hydrogens (tertiary/aromatic N) is 1. The van der Waals surface area contributed by atoms with Crippen molar-refractivity contribution in [1.82, 2.24) is 5.43 Å². The highest BCUT2D eigenvalue weighted by Crippen LogP contribution is 2.32. The minimum absolute atomic E-state index is 0.0236. The highest BCUT2D eigenvalue weighted by atomic mass is 79.9. The Labute approximate surface area is 149 Å². The van der Waals surface area contributed by atoms with Crippen molar-refractivity contribution < 1.29 is 14.6 Å². The van der Waals surface area contributed by atoms with Crippen LogP contribution < -0.4 is 10.2 Å². The van der Waals surface area contributed by atoms with Crippen molar-refractivity contribution in [3.05, 3.63) is 57.1 Å². The number of ether oxygens (including phenoxy) is 1. The van der Waals surface area contributed by atoms with E-state index in [4.69, 9.17) is 4.74 Å². The summed E-state index contributed by atoms with van der Waals surface area (Å²) in [5.74, 6) is 0.0295. The van der Waals surface area contributed by atoms with Crippen LogP contribution in [-0.2, 0) is 0 Å². The van der Waals surface area contributed by atoms with E-state index in [1.165, 1.54) is 6.21 Å². The molecular weight excluding hydrogens is 372 g/mol. The molecule has 1 amide bonds. The number of hydrogen-bond acceptors (Lipinski definition) is 4. The fourth-order valence-electron chi connectivity index (χ4n) is 2.25. The number of rotatable bonds is 5. The van der Waals surface area contributed by atoms with Gasteiger partial charge in [0.25, 0.3) is 5.91 Å². The van der Waals surface area contributed by atoms with Gasteiger partial charge in [-0.15, -0.1) is 0 Å². The largest absolute Gasteiger partial charge is 0.504 e. The van der Waals surface area contributed by atoms with Crippen LogP contribution in [0.25, 0.3) is 0 Å². The number of carbonyl (C=O) groups is 1. The van der Waals surface area contributed by atoms with Crippen LogP contribution in [0.2, 0.25) is 0 Å². The van der Waals surface area contributed by atoms with E-state index >= 15 is 0 Å². The van der Waals surface area contributed by atoms with Crippen LogP contribution in [-0.4, -0.2) is 23.8 Å². The maximum atomic E-state index is 12.2. The molecule has 5 nitrogen and oxygen atoms in total. The number of phenolic OH excluding ortho intramolecular Hbond substituents is 1. The first-order valence-corrected chi connectivity index (χ1v) is 8.27. The predicted molar refractivity (Wildman–Crippen MR) is 98.0 cm³/mol. The lowest BCUT2D eigenvalue weighted by Gasteiger charge is -2.09. The van der Waals surface area contributed by atoms with Gasteiger partial charge in [0, 0.05) is 15.6 Å². The fourth-order valence-corrected chi connectivity index (χ4v) is 2.70. The summed E-state index contributed by atoms with van der Waals surface area (Å²) >= 11 is 3.35. The second kappa shape index (κ2) is 7.97. The SMILES string of the molecule is CCOc1cc(Br)cc(/C=N/NC(=O)c2ccc(C)cc2C)c1O. The van der Waals surface area contributed by atoms with Gasteiger partial charge in [0.05, 0.1) is 12.8 Å². The molecule has 2 N–H and O–H groups in total. The Balaban J connectivity index is 2.15. The smallest absolute Gasteiger partial charge is 0.271 e. The highest BCUT2D eigenvalue weighted by Gasteiger charge is 2.10. The third kappa shape index (κ3) is 4.35. The Morgan fingerprint density at radius 1 is 1.33 bits per heavy atom. The molecule has 2 aromatic rings. The molecule has 0 bridgehead atoms. The summed E-state index contributed by atoms with van der Waals surface area (Å²) in [5.41, 5.74) is 5.44. The summed E-state index contributed by atoms with van der Waals surface area (Å²) in [4.78, 5) is 12.2. The van der Waals surface area contributed by atoms with Crippen LogP contribution >= 0.6 is 15.9 Å². The number of aromatic hydroxyl groups is 1. The zero-order valence-electron chi connectivity index (χ0n) is 13.8. The fraction of sp³-hybridized carbons (Fsp3) is 0.222. The van der Waals surface area contributed by atoms with E-state index in [0.29, 0.717) is 23.5 Å². The summed E-state index contributed by atoms with van der Waals surface area (Å²) in [6.45, 7) is 6.11. The van der Waals surface area contributed by atoms with Gasteiger partial charge in [0.15, 0.2) is 11.5 Å². The second-order valence-corrected chi connectivity index (χ2v) is 6.21. The first-order chi connectivity index (χ1) is 11.4. The monoisotopic (exact) mass is 390 g/mol. The average Bonchev–Trinajstić information content (AvgIpc) is 2.51. The Kier molecular flexibility index (Phi) is 5.98. The Morgan fingerprint density at radius 2 is 2.08 bits per heavy atom. The quantitative estimate of drug-likeness (QED) is 0.599. The summed E-state index contributed by atoms with van der Waals surface area (Å²) < 4.78 is 6.09. The first kappa shape index (κ1) is 18.0. The van der Waals surface area contributed by atoms with E-state index in [1.54, 1.807) is 18.2 Å². The summed E-state index contributed by atoms with van der Waals surface area (Å²) in [5, 5.41) is 14.1. The number of benzene rings is 2. The molecule has 2 aromatic carbocycles. The van der Waals surface area contributed by atoms with Crippen molar-refractivity contribution in [3.8, 4) is 11.5 Å². The number of hydrogen-bond donors (Lipinski definition) is 2. The van der Waals surface area contributed by atoms with Gasteiger partial charge in [-0.1, -0.05) is 33.6 Å². The molecule has 0 unspecified atom stereocenters. The van der Waals surface area contributed by atoms with Crippen molar-refractivity contribution in [1.29, 1.82) is 0 Å². The van der Waals surface area contributed by atoms with Gasteiger partial charge in [-0.05, 0) is 44.5 Å². The summed E-state index contributed by atoms with van der Waals surface area (Å²) in [7, 11) is 0. The van der Waals surface area contributed by atoms with Gasteiger partial charge >= 0.3 is 0 Å². The van der Waals surface area contributed by atoms with Crippen LogP contribution in [0.1, 0.15) is 34.0 Å². The zero-order valence-corrected chi connectivity index (χ0v) is 15.3. The Hall–Kier alpha value is -2.34. The number of hydrazone groups is 1. The van der Waals surface area contributed by atoms with Crippen molar-refractivity contribution in [2.45, 2.75) is 20.8 Å². The molecule has 0 heterocycles. The van der Waals surface area contributed by atoms with Crippen LogP contribution in [0.4, 0.5) is 0 Å². The zero-order chi connectivity index (χ0) is 17.7. The molecular formula is C18H19BrN2O3. The number of aryl methyl sites for hydroxylation is 2. The van der Waals surface area contributed by atoms with Crippen LogP contribution in [0, 0.1) is 13.8 Å². The van der Waals surface area contributed by atoms with Crippen LogP contribution in [0.5, 0.6) is 11.5 Å². The van der Waals surface area contributed by atoms with E-state index < -0.39 is 0 Å². The molecule has 2 rings (SSSR count). The van der Waals surface area contributed by atoms with E-state index in [2.05, 4.69) is 26.5 Å². The van der Waals surface area contributed by atoms with E-state index in [1.807, 2.05) is 32.9 Å². The number of phenols is 1. The summed E-state index contributed by atoms with van der Waals surface area (Å²) in [6.07, 6.45) is 1.38. The van der Waals surface area contributed by atoms with E-state index in [9.17, 15) is 9.90 Å². The minimum atomic E-state index is -0.303. The van der Waals surface area contributed by atoms with Crippen LogP contribution in [0.15, 0.2) is 39.9 Å². The van der Waals surface area contributed by atoms with E-state index in [-0.39, 0.29) is 11.7 Å². The number of nitrogens with one attached hydrogen (secondary N) is 1. The van der Waals surface area contributed by atoms with Gasteiger partial charge in [-0.3, -0.25) is 4.79 Å². The average molecular weight is 391 g/mol. The maximum Gasteiger partial charge on any atom is 0.271 e. The number of amides is 1. The molecule has 0 spiro atoms. The molecule has 0 fully saturated rings. The molecule has 0 aromatic heterocycles. The molecule has 6 heteroatoms. The third-order valence-electron chi connectivity index (χ3n) is 3.37. The summed E-state index contributed by atoms with van der Waals surface area (Å²) in [6, 6.07) is 8.93. The minimum Gasteiger partial charge on any atom is -0.504 e. The van der Waals surface area contributed by atoms with Crippen molar-refractivity contribution >= 4 is 28.1 Å². The molecule has 0 aliphatic rings. The van der Waals surface area contributed by atoms with Crippen LogP contribution in [0.3, 0.4) is 0 Å². The predicted octanol–water partition coefficient (Wildman–Crippen LogP) is 3.93.